The van der Waals surface area contributed by atoms with Gasteiger partial charge in [0, 0.05) is 30.6 Å². The van der Waals surface area contributed by atoms with Crippen LogP contribution in [0.5, 0.6) is 0 Å². The molecule has 1 aliphatic rings. The molecule has 1 aromatic carbocycles. The van der Waals surface area contributed by atoms with Crippen LogP contribution in [0.1, 0.15) is 28.1 Å². The third kappa shape index (κ3) is 3.06. The van der Waals surface area contributed by atoms with E-state index >= 15 is 0 Å². The quantitative estimate of drug-likeness (QED) is 0.766. The van der Waals surface area contributed by atoms with Crippen LogP contribution in [-0.4, -0.2) is 35.4 Å². The number of benzene rings is 1. The van der Waals surface area contributed by atoms with Crippen molar-refractivity contribution in [2.24, 2.45) is 5.73 Å². The van der Waals surface area contributed by atoms with Crippen molar-refractivity contribution >= 4 is 17.2 Å². The summed E-state index contributed by atoms with van der Waals surface area (Å²) < 4.78 is 5.09. The predicted molar refractivity (Wildman–Crippen MR) is 102 cm³/mol. The SMILES string of the molecule is NCC1(c2ccccc2)CCN(C(=O)c2cnc(-c3ccoc3)s2)CC1. The summed E-state index contributed by atoms with van der Waals surface area (Å²) in [5.41, 5.74) is 8.28. The third-order valence-electron chi connectivity index (χ3n) is 5.27. The van der Waals surface area contributed by atoms with Crippen LogP contribution in [0.25, 0.3) is 10.6 Å². The van der Waals surface area contributed by atoms with E-state index in [9.17, 15) is 4.79 Å². The van der Waals surface area contributed by atoms with Crippen LogP contribution in [0, 0.1) is 0 Å². The zero-order chi connectivity index (χ0) is 18.0. The second-order valence-electron chi connectivity index (χ2n) is 6.68. The molecule has 2 aromatic heterocycles. The molecule has 1 saturated heterocycles. The smallest absolute Gasteiger partial charge is 0.265 e. The van der Waals surface area contributed by atoms with E-state index in [2.05, 4.69) is 29.2 Å². The van der Waals surface area contributed by atoms with Gasteiger partial charge in [-0.25, -0.2) is 4.98 Å². The Bertz CT molecular complexity index is 866. The maximum Gasteiger partial charge on any atom is 0.265 e. The molecule has 1 aliphatic heterocycles. The number of hydrogen-bond acceptors (Lipinski definition) is 5. The van der Waals surface area contributed by atoms with Crippen LogP contribution in [-0.2, 0) is 5.41 Å². The van der Waals surface area contributed by atoms with E-state index in [1.807, 2.05) is 17.0 Å². The zero-order valence-corrected chi connectivity index (χ0v) is 15.2. The molecule has 1 amide bonds. The molecule has 3 aromatic rings. The first-order chi connectivity index (χ1) is 12.7. The number of furan rings is 1. The maximum atomic E-state index is 12.9. The average Bonchev–Trinajstić information content (AvgIpc) is 3.40. The number of nitrogens with zero attached hydrogens (tertiary/aromatic N) is 2. The van der Waals surface area contributed by atoms with E-state index in [-0.39, 0.29) is 11.3 Å². The molecule has 6 heteroatoms. The first kappa shape index (κ1) is 17.0. The number of hydrogen-bond donors (Lipinski definition) is 1. The summed E-state index contributed by atoms with van der Waals surface area (Å²) in [4.78, 5) is 19.8. The standard InChI is InChI=1S/C20H21N3O2S/c21-14-20(16-4-2-1-3-5-16)7-9-23(10-8-20)19(24)17-12-22-18(26-17)15-6-11-25-13-15/h1-6,11-13H,7-10,14,21H2. The molecule has 1 fully saturated rings. The maximum absolute atomic E-state index is 12.9. The minimum atomic E-state index is -0.0340. The molecule has 0 spiro atoms. The normalized spacial score (nSPS) is 16.6. The first-order valence-electron chi connectivity index (χ1n) is 8.75. The van der Waals surface area contributed by atoms with Crippen molar-refractivity contribution in [1.29, 1.82) is 0 Å². The van der Waals surface area contributed by atoms with Crippen molar-refractivity contribution in [2.75, 3.05) is 19.6 Å². The first-order valence-corrected chi connectivity index (χ1v) is 9.57. The van der Waals surface area contributed by atoms with Gasteiger partial charge in [0.05, 0.1) is 12.5 Å². The lowest BCUT2D eigenvalue weighted by molar-refractivity contribution is 0.0674. The van der Waals surface area contributed by atoms with Gasteiger partial charge in [-0.2, -0.15) is 0 Å². The van der Waals surface area contributed by atoms with E-state index in [1.165, 1.54) is 16.9 Å². The fraction of sp³-hybridized carbons (Fsp3) is 0.300. The molecule has 0 radical (unpaired) electrons. The lowest BCUT2D eigenvalue weighted by Crippen LogP contribution is -2.48. The van der Waals surface area contributed by atoms with Gasteiger partial charge < -0.3 is 15.1 Å². The van der Waals surface area contributed by atoms with Gasteiger partial charge in [-0.1, -0.05) is 30.3 Å². The van der Waals surface area contributed by atoms with E-state index < -0.39 is 0 Å². The van der Waals surface area contributed by atoms with Gasteiger partial charge in [-0.3, -0.25) is 4.79 Å². The van der Waals surface area contributed by atoms with Crippen molar-refractivity contribution in [3.63, 3.8) is 0 Å². The van der Waals surface area contributed by atoms with Crippen molar-refractivity contribution in [3.8, 4) is 10.6 Å². The minimum Gasteiger partial charge on any atom is -0.472 e. The number of rotatable bonds is 4. The van der Waals surface area contributed by atoms with Crippen molar-refractivity contribution in [2.45, 2.75) is 18.3 Å². The van der Waals surface area contributed by atoms with Gasteiger partial charge in [0.1, 0.15) is 16.1 Å². The van der Waals surface area contributed by atoms with Gasteiger partial charge >= 0.3 is 0 Å². The highest BCUT2D eigenvalue weighted by atomic mass is 32.1. The minimum absolute atomic E-state index is 0.0340. The molecule has 2 N–H and O–H groups in total. The molecular weight excluding hydrogens is 346 g/mol. The van der Waals surface area contributed by atoms with E-state index in [1.54, 1.807) is 18.7 Å². The highest BCUT2D eigenvalue weighted by Gasteiger charge is 2.36. The molecular formula is C20H21N3O2S. The third-order valence-corrected chi connectivity index (χ3v) is 6.30. The van der Waals surface area contributed by atoms with Crippen LogP contribution in [0.15, 0.2) is 59.5 Å². The molecule has 0 saturated carbocycles. The summed E-state index contributed by atoms with van der Waals surface area (Å²) in [6, 6.07) is 12.3. The van der Waals surface area contributed by atoms with Crippen molar-refractivity contribution in [3.05, 3.63) is 65.6 Å². The molecule has 0 bridgehead atoms. The number of likely N-dealkylation sites (tertiary alicyclic amines) is 1. The van der Waals surface area contributed by atoms with Gasteiger partial charge in [0.2, 0.25) is 0 Å². The molecule has 134 valence electrons. The summed E-state index contributed by atoms with van der Waals surface area (Å²) in [6.45, 7) is 2.03. The Hall–Kier alpha value is -2.44. The fourth-order valence-corrected chi connectivity index (χ4v) is 4.46. The van der Waals surface area contributed by atoms with Crippen LogP contribution < -0.4 is 5.73 Å². The highest BCUT2D eigenvalue weighted by molar-refractivity contribution is 7.16. The largest absolute Gasteiger partial charge is 0.472 e. The summed E-state index contributed by atoms with van der Waals surface area (Å²) in [5.74, 6) is 0.0518. The number of nitrogens with two attached hydrogens (primary N) is 1. The Kier molecular flexibility index (Phi) is 4.61. The fourth-order valence-electron chi connectivity index (χ4n) is 3.59. The molecule has 3 heterocycles. The Morgan fingerprint density at radius 2 is 2.00 bits per heavy atom. The summed E-state index contributed by atoms with van der Waals surface area (Å²) in [6.07, 6.45) is 6.68. The van der Waals surface area contributed by atoms with Crippen LogP contribution in [0.2, 0.25) is 0 Å². The van der Waals surface area contributed by atoms with Crippen molar-refractivity contribution in [1.82, 2.24) is 9.88 Å². The van der Waals surface area contributed by atoms with Gasteiger partial charge in [0.25, 0.3) is 5.91 Å². The van der Waals surface area contributed by atoms with E-state index in [0.29, 0.717) is 24.5 Å². The molecule has 0 aliphatic carbocycles. The molecule has 26 heavy (non-hydrogen) atoms. The summed E-state index contributed by atoms with van der Waals surface area (Å²) in [7, 11) is 0. The number of thiazole rings is 1. The van der Waals surface area contributed by atoms with Gasteiger partial charge in [-0.05, 0) is 24.5 Å². The molecule has 5 nitrogen and oxygen atoms in total. The van der Waals surface area contributed by atoms with Crippen LogP contribution >= 0.6 is 11.3 Å². The number of carbonyl (C=O) groups is 1. The van der Waals surface area contributed by atoms with Crippen LogP contribution in [0.4, 0.5) is 0 Å². The molecule has 0 atom stereocenters. The Labute approximate surface area is 156 Å². The molecule has 0 unspecified atom stereocenters. The Balaban J connectivity index is 1.47. The second-order valence-corrected chi connectivity index (χ2v) is 7.72. The van der Waals surface area contributed by atoms with E-state index in [4.69, 9.17) is 10.2 Å². The summed E-state index contributed by atoms with van der Waals surface area (Å²) >= 11 is 1.41. The monoisotopic (exact) mass is 367 g/mol. The van der Waals surface area contributed by atoms with E-state index in [0.717, 1.165) is 23.4 Å². The topological polar surface area (TPSA) is 72.4 Å². The van der Waals surface area contributed by atoms with Crippen LogP contribution in [0.3, 0.4) is 0 Å². The number of aromatic nitrogens is 1. The lowest BCUT2D eigenvalue weighted by atomic mass is 9.73. The number of amides is 1. The number of carbonyl (C=O) groups excluding carboxylic acids is 1. The summed E-state index contributed by atoms with van der Waals surface area (Å²) in [5, 5.41) is 0.805. The molecule has 4 rings (SSSR count). The number of piperidine rings is 1. The van der Waals surface area contributed by atoms with Crippen molar-refractivity contribution < 1.29 is 9.21 Å². The Morgan fingerprint density at radius 1 is 1.23 bits per heavy atom. The van der Waals surface area contributed by atoms with Gasteiger partial charge in [-0.15, -0.1) is 11.3 Å². The lowest BCUT2D eigenvalue weighted by Gasteiger charge is -2.41. The predicted octanol–water partition coefficient (Wildman–Crippen LogP) is 3.54. The average molecular weight is 367 g/mol. The second kappa shape index (κ2) is 7.05. The highest BCUT2D eigenvalue weighted by Crippen LogP contribution is 2.35. The zero-order valence-electron chi connectivity index (χ0n) is 14.4. The Morgan fingerprint density at radius 3 is 2.65 bits per heavy atom. The van der Waals surface area contributed by atoms with Gasteiger partial charge in [0.15, 0.2) is 0 Å².